The van der Waals surface area contributed by atoms with Gasteiger partial charge in [0.05, 0.1) is 7.11 Å². The zero-order valence-corrected chi connectivity index (χ0v) is 10.3. The van der Waals surface area contributed by atoms with Crippen LogP contribution >= 0.6 is 0 Å². The van der Waals surface area contributed by atoms with Gasteiger partial charge in [-0.25, -0.2) is 10.3 Å². The van der Waals surface area contributed by atoms with Crippen LogP contribution < -0.4 is 5.48 Å². The number of hydrogen-bond donors (Lipinski definition) is 1. The third kappa shape index (κ3) is 4.80. The van der Waals surface area contributed by atoms with Gasteiger partial charge in [-0.15, -0.1) is 0 Å². The maximum absolute atomic E-state index is 11.4. The molecule has 0 saturated heterocycles. The Labute approximate surface area is 105 Å². The molecule has 0 aromatic heterocycles. The first-order valence-electron chi connectivity index (χ1n) is 5.40. The summed E-state index contributed by atoms with van der Waals surface area (Å²) >= 11 is 0. The number of esters is 1. The Kier molecular flexibility index (Phi) is 5.60. The molecule has 5 heteroatoms. The maximum atomic E-state index is 11.4. The SMILES string of the molecule is COC(=O)C(C)ONC(=O)/C=C/c1ccccc1. The highest BCUT2D eigenvalue weighted by Crippen LogP contribution is 2.00. The lowest BCUT2D eigenvalue weighted by molar-refractivity contribution is -0.160. The zero-order chi connectivity index (χ0) is 13.4. The van der Waals surface area contributed by atoms with Gasteiger partial charge in [-0.2, -0.15) is 0 Å². The number of hydroxylamine groups is 1. The largest absolute Gasteiger partial charge is 0.467 e. The predicted octanol–water partition coefficient (Wildman–Crippen LogP) is 1.31. The molecule has 0 spiro atoms. The molecule has 1 amide bonds. The number of rotatable bonds is 5. The summed E-state index contributed by atoms with van der Waals surface area (Å²) in [5.41, 5.74) is 3.04. The number of hydrogen-bond acceptors (Lipinski definition) is 4. The summed E-state index contributed by atoms with van der Waals surface area (Å²) < 4.78 is 4.44. The number of amides is 1. The van der Waals surface area contributed by atoms with Crippen LogP contribution in [0.5, 0.6) is 0 Å². The van der Waals surface area contributed by atoms with Crippen LogP contribution in [0.1, 0.15) is 12.5 Å². The fourth-order valence-electron chi connectivity index (χ4n) is 1.13. The summed E-state index contributed by atoms with van der Waals surface area (Å²) in [6, 6.07) is 9.35. The van der Waals surface area contributed by atoms with Crippen LogP contribution in [0.2, 0.25) is 0 Å². The van der Waals surface area contributed by atoms with Crippen LogP contribution in [0.15, 0.2) is 36.4 Å². The van der Waals surface area contributed by atoms with Crippen molar-refractivity contribution in [1.82, 2.24) is 5.48 Å². The Morgan fingerprint density at radius 1 is 1.28 bits per heavy atom. The van der Waals surface area contributed by atoms with E-state index in [1.54, 1.807) is 6.08 Å². The first kappa shape index (κ1) is 13.9. The number of carbonyl (C=O) groups is 2. The van der Waals surface area contributed by atoms with E-state index < -0.39 is 18.0 Å². The summed E-state index contributed by atoms with van der Waals surface area (Å²) in [7, 11) is 1.25. The monoisotopic (exact) mass is 249 g/mol. The highest BCUT2D eigenvalue weighted by atomic mass is 16.7. The van der Waals surface area contributed by atoms with E-state index in [0.717, 1.165) is 5.56 Å². The average molecular weight is 249 g/mol. The van der Waals surface area contributed by atoms with Crippen LogP contribution in [0.4, 0.5) is 0 Å². The van der Waals surface area contributed by atoms with Crippen LogP contribution in [0.25, 0.3) is 6.08 Å². The van der Waals surface area contributed by atoms with Gasteiger partial charge in [-0.1, -0.05) is 30.3 Å². The van der Waals surface area contributed by atoms with E-state index in [1.165, 1.54) is 20.1 Å². The van der Waals surface area contributed by atoms with Crippen LogP contribution in [-0.4, -0.2) is 25.1 Å². The van der Waals surface area contributed by atoms with Gasteiger partial charge in [0.15, 0.2) is 6.10 Å². The molecule has 1 unspecified atom stereocenters. The quantitative estimate of drug-likeness (QED) is 0.485. The summed E-state index contributed by atoms with van der Waals surface area (Å²) in [5.74, 6) is -1.00. The van der Waals surface area contributed by atoms with Gasteiger partial charge >= 0.3 is 5.97 Å². The fraction of sp³-hybridized carbons (Fsp3) is 0.231. The van der Waals surface area contributed by atoms with E-state index in [0.29, 0.717) is 0 Å². The maximum Gasteiger partial charge on any atom is 0.337 e. The molecule has 0 bridgehead atoms. The Bertz CT molecular complexity index is 428. The summed E-state index contributed by atoms with van der Waals surface area (Å²) in [6.45, 7) is 1.48. The number of nitrogens with one attached hydrogen (secondary N) is 1. The Morgan fingerprint density at radius 2 is 1.94 bits per heavy atom. The van der Waals surface area contributed by atoms with Crippen molar-refractivity contribution in [2.45, 2.75) is 13.0 Å². The minimum absolute atomic E-state index is 0.449. The molecule has 0 aliphatic heterocycles. The van der Waals surface area contributed by atoms with Crippen molar-refractivity contribution in [1.29, 1.82) is 0 Å². The van der Waals surface area contributed by atoms with Gasteiger partial charge in [0, 0.05) is 6.08 Å². The molecule has 0 aliphatic carbocycles. The number of benzene rings is 1. The fourth-order valence-corrected chi connectivity index (χ4v) is 1.13. The van der Waals surface area contributed by atoms with E-state index in [1.807, 2.05) is 30.3 Å². The molecule has 0 fully saturated rings. The third-order valence-electron chi connectivity index (χ3n) is 2.10. The molecule has 96 valence electrons. The van der Waals surface area contributed by atoms with Crippen LogP contribution in [0.3, 0.4) is 0 Å². The molecule has 0 saturated carbocycles. The molecule has 1 aromatic carbocycles. The van der Waals surface area contributed by atoms with Crippen molar-refractivity contribution in [3.05, 3.63) is 42.0 Å². The first-order chi connectivity index (χ1) is 8.63. The molecule has 0 aliphatic rings. The smallest absolute Gasteiger partial charge is 0.337 e. The molecule has 1 rings (SSSR count). The zero-order valence-electron chi connectivity index (χ0n) is 10.3. The van der Waals surface area contributed by atoms with Crippen molar-refractivity contribution in [2.24, 2.45) is 0 Å². The molecular formula is C13H15NO4. The van der Waals surface area contributed by atoms with E-state index in [-0.39, 0.29) is 0 Å². The van der Waals surface area contributed by atoms with Crippen molar-refractivity contribution >= 4 is 18.0 Å². The second kappa shape index (κ2) is 7.24. The predicted molar refractivity (Wildman–Crippen MR) is 66.2 cm³/mol. The second-order valence-corrected chi connectivity index (χ2v) is 3.49. The molecular weight excluding hydrogens is 234 g/mol. The molecule has 18 heavy (non-hydrogen) atoms. The number of ether oxygens (including phenoxy) is 1. The molecule has 0 radical (unpaired) electrons. The molecule has 1 aromatic rings. The molecule has 1 N–H and O–H groups in total. The van der Waals surface area contributed by atoms with Crippen molar-refractivity contribution in [3.63, 3.8) is 0 Å². The third-order valence-corrected chi connectivity index (χ3v) is 2.10. The topological polar surface area (TPSA) is 64.6 Å². The molecule has 0 heterocycles. The Balaban J connectivity index is 2.38. The normalized spacial score (nSPS) is 12.1. The minimum Gasteiger partial charge on any atom is -0.467 e. The lowest BCUT2D eigenvalue weighted by Crippen LogP contribution is -2.32. The highest BCUT2D eigenvalue weighted by molar-refractivity contribution is 5.91. The van der Waals surface area contributed by atoms with Crippen LogP contribution in [-0.2, 0) is 19.2 Å². The van der Waals surface area contributed by atoms with E-state index in [4.69, 9.17) is 4.84 Å². The van der Waals surface area contributed by atoms with Gasteiger partial charge in [-0.05, 0) is 18.6 Å². The second-order valence-electron chi connectivity index (χ2n) is 3.49. The van der Waals surface area contributed by atoms with Gasteiger partial charge in [0.1, 0.15) is 0 Å². The van der Waals surface area contributed by atoms with Crippen LogP contribution in [0, 0.1) is 0 Å². The van der Waals surface area contributed by atoms with E-state index >= 15 is 0 Å². The summed E-state index contributed by atoms with van der Waals surface area (Å²) in [4.78, 5) is 27.2. The van der Waals surface area contributed by atoms with Gasteiger partial charge < -0.3 is 4.74 Å². The summed E-state index contributed by atoms with van der Waals surface area (Å²) in [5, 5.41) is 0. The van der Waals surface area contributed by atoms with Gasteiger partial charge in [0.25, 0.3) is 5.91 Å². The lowest BCUT2D eigenvalue weighted by atomic mass is 10.2. The van der Waals surface area contributed by atoms with Crippen molar-refractivity contribution < 1.29 is 19.2 Å². The van der Waals surface area contributed by atoms with Gasteiger partial charge in [-0.3, -0.25) is 9.63 Å². The van der Waals surface area contributed by atoms with E-state index in [2.05, 4.69) is 10.2 Å². The molecule has 5 nitrogen and oxygen atoms in total. The van der Waals surface area contributed by atoms with Crippen molar-refractivity contribution in [2.75, 3.05) is 7.11 Å². The number of carbonyl (C=O) groups excluding carboxylic acids is 2. The summed E-state index contributed by atoms with van der Waals surface area (Å²) in [6.07, 6.45) is 2.12. The average Bonchev–Trinajstić information content (AvgIpc) is 2.42. The van der Waals surface area contributed by atoms with E-state index in [9.17, 15) is 9.59 Å². The highest BCUT2D eigenvalue weighted by Gasteiger charge is 2.14. The minimum atomic E-state index is -0.843. The lowest BCUT2D eigenvalue weighted by Gasteiger charge is -2.09. The first-order valence-corrected chi connectivity index (χ1v) is 5.40. The van der Waals surface area contributed by atoms with Crippen molar-refractivity contribution in [3.8, 4) is 0 Å². The van der Waals surface area contributed by atoms with Gasteiger partial charge in [0.2, 0.25) is 0 Å². The Hall–Kier alpha value is -2.14. The molecule has 1 atom stereocenters. The standard InChI is InChI=1S/C13H15NO4/c1-10(13(16)17-2)18-14-12(15)9-8-11-6-4-3-5-7-11/h3-10H,1-2H3,(H,14,15)/b9-8+. The Morgan fingerprint density at radius 3 is 2.56 bits per heavy atom. The number of methoxy groups -OCH3 is 1.